The average molecular weight is 292 g/mol. The van der Waals surface area contributed by atoms with E-state index in [1.54, 1.807) is 12.1 Å². The number of aliphatic carboxylic acids is 1. The molecular formula is C15H17FN2O3. The van der Waals surface area contributed by atoms with Gasteiger partial charge in [-0.05, 0) is 23.1 Å². The van der Waals surface area contributed by atoms with Crippen molar-refractivity contribution in [2.75, 3.05) is 0 Å². The van der Waals surface area contributed by atoms with Crippen molar-refractivity contribution < 1.29 is 18.8 Å². The summed E-state index contributed by atoms with van der Waals surface area (Å²) in [6.07, 6.45) is 0.782. The smallest absolute Gasteiger partial charge is 0.303 e. The standard InChI is InChI=1S/C15H17FN2O3/c1-15(2,9-14(19)20)8-13-17-12(18-21-13)7-10-4-3-5-11(16)6-10/h3-6H,7-9H2,1-2H3,(H,19,20). The Kier molecular flexibility index (Phi) is 4.35. The molecule has 2 rings (SSSR count). The number of hydrogen-bond donors (Lipinski definition) is 1. The predicted octanol–water partition coefficient (Wildman–Crippen LogP) is 2.84. The van der Waals surface area contributed by atoms with E-state index in [0.29, 0.717) is 24.6 Å². The van der Waals surface area contributed by atoms with Gasteiger partial charge in [0.15, 0.2) is 5.82 Å². The molecule has 5 nitrogen and oxygen atoms in total. The summed E-state index contributed by atoms with van der Waals surface area (Å²) in [5.41, 5.74) is 0.293. The van der Waals surface area contributed by atoms with Crippen LogP contribution in [-0.2, 0) is 17.6 Å². The van der Waals surface area contributed by atoms with Crippen molar-refractivity contribution in [3.05, 3.63) is 47.4 Å². The second kappa shape index (κ2) is 6.03. The van der Waals surface area contributed by atoms with Gasteiger partial charge in [0.05, 0.1) is 6.42 Å². The molecule has 0 saturated heterocycles. The zero-order valence-corrected chi connectivity index (χ0v) is 12.0. The molecule has 0 fully saturated rings. The van der Waals surface area contributed by atoms with Gasteiger partial charge in [-0.15, -0.1) is 0 Å². The topological polar surface area (TPSA) is 76.2 Å². The molecule has 21 heavy (non-hydrogen) atoms. The van der Waals surface area contributed by atoms with E-state index in [-0.39, 0.29) is 12.2 Å². The van der Waals surface area contributed by atoms with E-state index in [0.717, 1.165) is 5.56 Å². The summed E-state index contributed by atoms with van der Waals surface area (Å²) >= 11 is 0. The predicted molar refractivity (Wildman–Crippen MR) is 73.2 cm³/mol. The van der Waals surface area contributed by atoms with Crippen LogP contribution in [0.4, 0.5) is 4.39 Å². The number of aromatic nitrogens is 2. The van der Waals surface area contributed by atoms with E-state index < -0.39 is 11.4 Å². The summed E-state index contributed by atoms with van der Waals surface area (Å²) in [6, 6.07) is 6.21. The van der Waals surface area contributed by atoms with Crippen molar-refractivity contribution in [3.63, 3.8) is 0 Å². The SMILES string of the molecule is CC(C)(CC(=O)O)Cc1nc(Cc2cccc(F)c2)no1. The van der Waals surface area contributed by atoms with E-state index >= 15 is 0 Å². The van der Waals surface area contributed by atoms with E-state index in [9.17, 15) is 9.18 Å². The molecule has 112 valence electrons. The van der Waals surface area contributed by atoms with Gasteiger partial charge in [0.25, 0.3) is 0 Å². The maximum absolute atomic E-state index is 13.1. The van der Waals surface area contributed by atoms with Crippen molar-refractivity contribution in [1.82, 2.24) is 10.1 Å². The number of carboxylic acids is 1. The molecule has 0 bridgehead atoms. The molecule has 0 spiro atoms. The number of benzene rings is 1. The van der Waals surface area contributed by atoms with Gasteiger partial charge in [0.1, 0.15) is 5.82 Å². The second-order valence-corrected chi connectivity index (χ2v) is 5.82. The lowest BCUT2D eigenvalue weighted by Crippen LogP contribution is -2.19. The van der Waals surface area contributed by atoms with E-state index in [2.05, 4.69) is 10.1 Å². The normalized spacial score (nSPS) is 11.6. The van der Waals surface area contributed by atoms with Crippen molar-refractivity contribution in [3.8, 4) is 0 Å². The van der Waals surface area contributed by atoms with Crippen molar-refractivity contribution in [2.24, 2.45) is 5.41 Å². The minimum Gasteiger partial charge on any atom is -0.481 e. The molecule has 0 saturated carbocycles. The van der Waals surface area contributed by atoms with Gasteiger partial charge in [0, 0.05) is 12.8 Å². The average Bonchev–Trinajstić information content (AvgIpc) is 2.73. The van der Waals surface area contributed by atoms with Crippen LogP contribution in [-0.4, -0.2) is 21.2 Å². The number of rotatable bonds is 6. The van der Waals surface area contributed by atoms with Gasteiger partial charge < -0.3 is 9.63 Å². The summed E-state index contributed by atoms with van der Waals surface area (Å²) in [5, 5.41) is 12.7. The van der Waals surface area contributed by atoms with Gasteiger partial charge in [-0.3, -0.25) is 4.79 Å². The summed E-state index contributed by atoms with van der Waals surface area (Å²) in [4.78, 5) is 15.0. The molecule has 6 heteroatoms. The molecule has 2 aromatic rings. The number of halogens is 1. The molecule has 0 unspecified atom stereocenters. The van der Waals surface area contributed by atoms with Gasteiger partial charge >= 0.3 is 5.97 Å². The molecule has 0 amide bonds. The third-order valence-corrected chi connectivity index (χ3v) is 3.02. The first-order chi connectivity index (χ1) is 9.84. The monoisotopic (exact) mass is 292 g/mol. The molecule has 0 aliphatic carbocycles. The number of carboxylic acid groups (broad SMARTS) is 1. The Morgan fingerprint density at radius 3 is 2.86 bits per heavy atom. The van der Waals surface area contributed by atoms with E-state index in [1.165, 1.54) is 12.1 Å². The summed E-state index contributed by atoms with van der Waals surface area (Å²) < 4.78 is 18.2. The van der Waals surface area contributed by atoms with Crippen LogP contribution < -0.4 is 0 Å². The van der Waals surface area contributed by atoms with E-state index in [4.69, 9.17) is 9.63 Å². The number of carbonyl (C=O) groups is 1. The first kappa shape index (κ1) is 15.2. The fraction of sp³-hybridized carbons (Fsp3) is 0.400. The number of nitrogens with zero attached hydrogens (tertiary/aromatic N) is 2. The second-order valence-electron chi connectivity index (χ2n) is 5.82. The highest BCUT2D eigenvalue weighted by atomic mass is 19.1. The van der Waals surface area contributed by atoms with Crippen LogP contribution in [0, 0.1) is 11.2 Å². The van der Waals surface area contributed by atoms with Crippen LogP contribution in [0.2, 0.25) is 0 Å². The highest BCUT2D eigenvalue weighted by Crippen LogP contribution is 2.25. The fourth-order valence-electron chi connectivity index (χ4n) is 2.14. The zero-order valence-electron chi connectivity index (χ0n) is 12.0. The lowest BCUT2D eigenvalue weighted by Gasteiger charge is -2.19. The summed E-state index contributed by atoms with van der Waals surface area (Å²) in [7, 11) is 0. The minimum atomic E-state index is -0.862. The van der Waals surface area contributed by atoms with Crippen LogP contribution in [0.15, 0.2) is 28.8 Å². The Bertz CT molecular complexity index is 637. The Morgan fingerprint density at radius 2 is 2.19 bits per heavy atom. The Labute approximate surface area is 121 Å². The lowest BCUT2D eigenvalue weighted by atomic mass is 9.86. The van der Waals surface area contributed by atoms with Gasteiger partial charge in [-0.1, -0.05) is 31.1 Å². The van der Waals surface area contributed by atoms with Crippen LogP contribution in [0.3, 0.4) is 0 Å². The highest BCUT2D eigenvalue weighted by molar-refractivity contribution is 5.67. The van der Waals surface area contributed by atoms with Crippen LogP contribution in [0.5, 0.6) is 0 Å². The van der Waals surface area contributed by atoms with Crippen LogP contribution in [0.1, 0.15) is 37.5 Å². The van der Waals surface area contributed by atoms with Crippen molar-refractivity contribution in [1.29, 1.82) is 0 Å². The molecule has 1 aromatic carbocycles. The van der Waals surface area contributed by atoms with Gasteiger partial charge in [-0.2, -0.15) is 4.98 Å². The summed E-state index contributed by atoms with van der Waals surface area (Å²) in [6.45, 7) is 3.66. The largest absolute Gasteiger partial charge is 0.481 e. The highest BCUT2D eigenvalue weighted by Gasteiger charge is 2.25. The summed E-state index contributed by atoms with van der Waals surface area (Å²) in [5.74, 6) is -0.312. The van der Waals surface area contributed by atoms with Crippen molar-refractivity contribution in [2.45, 2.75) is 33.1 Å². The minimum absolute atomic E-state index is 0.0224. The maximum Gasteiger partial charge on any atom is 0.303 e. The molecule has 1 heterocycles. The molecular weight excluding hydrogens is 275 g/mol. The van der Waals surface area contributed by atoms with Gasteiger partial charge in [-0.25, -0.2) is 4.39 Å². The first-order valence-electron chi connectivity index (χ1n) is 6.62. The van der Waals surface area contributed by atoms with E-state index in [1.807, 2.05) is 13.8 Å². The molecule has 0 radical (unpaired) electrons. The number of hydrogen-bond acceptors (Lipinski definition) is 4. The fourth-order valence-corrected chi connectivity index (χ4v) is 2.14. The molecule has 1 aromatic heterocycles. The quantitative estimate of drug-likeness (QED) is 0.886. The molecule has 0 aliphatic rings. The first-order valence-corrected chi connectivity index (χ1v) is 6.62. The van der Waals surface area contributed by atoms with Crippen LogP contribution >= 0.6 is 0 Å². The van der Waals surface area contributed by atoms with Crippen molar-refractivity contribution >= 4 is 5.97 Å². The molecule has 0 aliphatic heterocycles. The van der Waals surface area contributed by atoms with Gasteiger partial charge in [0.2, 0.25) is 5.89 Å². The zero-order chi connectivity index (χ0) is 15.5. The van der Waals surface area contributed by atoms with Crippen LogP contribution in [0.25, 0.3) is 0 Å². The molecule has 1 N–H and O–H groups in total. The third-order valence-electron chi connectivity index (χ3n) is 3.02. The Morgan fingerprint density at radius 1 is 1.43 bits per heavy atom. The third kappa shape index (κ3) is 4.66. The lowest BCUT2D eigenvalue weighted by molar-refractivity contribution is -0.139. The maximum atomic E-state index is 13.1. The Balaban J connectivity index is 2.03. The molecule has 0 atom stereocenters. The Hall–Kier alpha value is -2.24.